The van der Waals surface area contributed by atoms with Crippen molar-refractivity contribution in [1.29, 1.82) is 0 Å². The number of hydrogen-bond donors (Lipinski definition) is 2. The van der Waals surface area contributed by atoms with E-state index in [2.05, 4.69) is 18.7 Å². The molecule has 6 heteroatoms. The second kappa shape index (κ2) is 5.52. The summed E-state index contributed by atoms with van der Waals surface area (Å²) in [4.78, 5) is 18.9. The fourth-order valence-corrected chi connectivity index (χ4v) is 2.56. The molecule has 6 nitrogen and oxygen atoms in total. The fraction of sp³-hybridized carbons (Fsp3) is 0.615. The highest BCUT2D eigenvalue weighted by Crippen LogP contribution is 2.22. The van der Waals surface area contributed by atoms with E-state index in [1.165, 1.54) is 18.6 Å². The van der Waals surface area contributed by atoms with E-state index in [9.17, 15) is 15.0 Å². The van der Waals surface area contributed by atoms with Crippen LogP contribution >= 0.6 is 0 Å². The van der Waals surface area contributed by atoms with Crippen LogP contribution in [0.3, 0.4) is 0 Å². The Balaban J connectivity index is 1.97. The lowest BCUT2D eigenvalue weighted by atomic mass is 9.98. The molecule has 2 unspecified atom stereocenters. The summed E-state index contributed by atoms with van der Waals surface area (Å²) in [6.45, 7) is 4.33. The molecule has 0 bridgehead atoms. The number of rotatable bonds is 3. The van der Waals surface area contributed by atoms with Crippen molar-refractivity contribution in [1.82, 2.24) is 9.63 Å². The summed E-state index contributed by atoms with van der Waals surface area (Å²) in [5, 5.41) is 18.8. The molecule has 2 atom stereocenters. The molecular weight excluding hydrogens is 248 g/mol. The molecule has 1 aliphatic rings. The van der Waals surface area contributed by atoms with Gasteiger partial charge in [0.25, 0.3) is 0 Å². The van der Waals surface area contributed by atoms with Crippen molar-refractivity contribution in [2.24, 2.45) is 0 Å². The Hall–Kier alpha value is -1.69. The van der Waals surface area contributed by atoms with E-state index < -0.39 is 5.97 Å². The maximum absolute atomic E-state index is 11.9. The minimum atomic E-state index is -0.498. The molecule has 0 aliphatic carbocycles. The predicted molar refractivity (Wildman–Crippen MR) is 68.8 cm³/mol. The van der Waals surface area contributed by atoms with Crippen LogP contribution in [0.15, 0.2) is 12.1 Å². The van der Waals surface area contributed by atoms with Crippen LogP contribution in [-0.4, -0.2) is 44.4 Å². The smallest absolute Gasteiger partial charge is 0.347 e. The summed E-state index contributed by atoms with van der Waals surface area (Å²) in [7, 11) is 0. The lowest BCUT2D eigenvalue weighted by Gasteiger charge is -2.37. The lowest BCUT2D eigenvalue weighted by Crippen LogP contribution is -2.47. The first-order valence-electron chi connectivity index (χ1n) is 6.55. The summed E-state index contributed by atoms with van der Waals surface area (Å²) < 4.78 is 0.724. The number of likely N-dealkylation sites (tertiary alicyclic amines) is 1. The average Bonchev–Trinajstić information content (AvgIpc) is 2.66. The highest BCUT2D eigenvalue weighted by Gasteiger charge is 2.27. The van der Waals surface area contributed by atoms with Crippen molar-refractivity contribution in [2.75, 3.05) is 6.54 Å². The molecule has 0 saturated carbocycles. The first kappa shape index (κ1) is 13.7. The molecule has 1 fully saturated rings. The molecule has 19 heavy (non-hydrogen) atoms. The Kier molecular flexibility index (Phi) is 3.99. The molecule has 1 aliphatic heterocycles. The van der Waals surface area contributed by atoms with Gasteiger partial charge in [0.05, 0.1) is 6.54 Å². The summed E-state index contributed by atoms with van der Waals surface area (Å²) >= 11 is 0. The predicted octanol–water partition coefficient (Wildman–Crippen LogP) is 1.12. The average molecular weight is 268 g/mol. The normalized spacial score (nSPS) is 24.3. The summed E-state index contributed by atoms with van der Waals surface area (Å²) in [6.07, 6.45) is 3.31. The van der Waals surface area contributed by atoms with Gasteiger partial charge in [0.2, 0.25) is 11.8 Å². The molecule has 0 spiro atoms. The van der Waals surface area contributed by atoms with Crippen molar-refractivity contribution in [3.8, 4) is 11.8 Å². The Labute approximate surface area is 112 Å². The highest BCUT2D eigenvalue weighted by molar-refractivity contribution is 5.72. The SMILES string of the molecule is CC1CCCC(C)N1CC(=O)On1c(O)ccc1O. The van der Waals surface area contributed by atoms with Gasteiger partial charge in [-0.1, -0.05) is 6.42 Å². The first-order valence-corrected chi connectivity index (χ1v) is 6.55. The first-order chi connectivity index (χ1) is 8.99. The van der Waals surface area contributed by atoms with Crippen molar-refractivity contribution >= 4 is 5.97 Å². The van der Waals surface area contributed by atoms with Gasteiger partial charge >= 0.3 is 5.97 Å². The number of aromatic hydroxyl groups is 2. The van der Waals surface area contributed by atoms with E-state index in [1.807, 2.05) is 0 Å². The number of piperidine rings is 1. The van der Waals surface area contributed by atoms with Crippen molar-refractivity contribution in [3.63, 3.8) is 0 Å². The molecule has 2 rings (SSSR count). The van der Waals surface area contributed by atoms with Crippen LogP contribution in [0.5, 0.6) is 11.8 Å². The molecule has 106 valence electrons. The van der Waals surface area contributed by atoms with Crippen LogP contribution in [0.2, 0.25) is 0 Å². The molecular formula is C13H20N2O4. The number of nitrogens with zero attached hydrogens (tertiary/aromatic N) is 2. The van der Waals surface area contributed by atoms with Gasteiger partial charge in [-0.05, 0) is 26.7 Å². The highest BCUT2D eigenvalue weighted by atomic mass is 16.7. The van der Waals surface area contributed by atoms with Crippen molar-refractivity contribution in [2.45, 2.75) is 45.2 Å². The van der Waals surface area contributed by atoms with Gasteiger partial charge in [-0.3, -0.25) is 4.90 Å². The van der Waals surface area contributed by atoms with E-state index in [4.69, 9.17) is 4.84 Å². The number of carbonyl (C=O) groups is 1. The summed E-state index contributed by atoms with van der Waals surface area (Å²) in [5.74, 6) is -1.10. The lowest BCUT2D eigenvalue weighted by molar-refractivity contribution is -0.148. The maximum atomic E-state index is 11.9. The molecule has 1 aromatic heterocycles. The minimum absolute atomic E-state index is 0.152. The van der Waals surface area contributed by atoms with E-state index in [-0.39, 0.29) is 18.3 Å². The van der Waals surface area contributed by atoms with E-state index in [0.717, 1.165) is 17.6 Å². The zero-order valence-corrected chi connectivity index (χ0v) is 11.2. The van der Waals surface area contributed by atoms with Crippen LogP contribution in [0.25, 0.3) is 0 Å². The van der Waals surface area contributed by atoms with Crippen LogP contribution in [0.4, 0.5) is 0 Å². The molecule has 0 aromatic carbocycles. The summed E-state index contributed by atoms with van der Waals surface area (Å²) in [5.41, 5.74) is 0. The molecule has 2 N–H and O–H groups in total. The van der Waals surface area contributed by atoms with Gasteiger partial charge in [-0.15, -0.1) is 4.73 Å². The Morgan fingerprint density at radius 2 is 1.79 bits per heavy atom. The molecule has 1 aromatic rings. The van der Waals surface area contributed by atoms with Crippen LogP contribution in [0.1, 0.15) is 33.1 Å². The van der Waals surface area contributed by atoms with E-state index in [0.29, 0.717) is 12.1 Å². The van der Waals surface area contributed by atoms with E-state index in [1.54, 1.807) is 0 Å². The third kappa shape index (κ3) is 3.01. The fourth-order valence-electron chi connectivity index (χ4n) is 2.56. The van der Waals surface area contributed by atoms with Crippen molar-refractivity contribution in [3.05, 3.63) is 12.1 Å². The topological polar surface area (TPSA) is 74.9 Å². The van der Waals surface area contributed by atoms with Crippen LogP contribution < -0.4 is 4.84 Å². The minimum Gasteiger partial charge on any atom is -0.492 e. The standard InChI is InChI=1S/C13H20N2O4/c1-9-4-3-5-10(2)14(9)8-13(18)19-15-11(16)6-7-12(15)17/h6-7,9-10,16-17H,3-5,8H2,1-2H3. The van der Waals surface area contributed by atoms with Gasteiger partial charge < -0.3 is 15.1 Å². The molecule has 0 radical (unpaired) electrons. The van der Waals surface area contributed by atoms with Crippen LogP contribution in [0, 0.1) is 0 Å². The second-order valence-electron chi connectivity index (χ2n) is 5.11. The zero-order chi connectivity index (χ0) is 14.0. The van der Waals surface area contributed by atoms with Gasteiger partial charge in [-0.2, -0.15) is 0 Å². The zero-order valence-electron chi connectivity index (χ0n) is 11.2. The van der Waals surface area contributed by atoms with Gasteiger partial charge in [0.15, 0.2) is 0 Å². The Morgan fingerprint density at radius 1 is 1.26 bits per heavy atom. The summed E-state index contributed by atoms with van der Waals surface area (Å²) in [6, 6.07) is 3.19. The quantitative estimate of drug-likeness (QED) is 0.859. The monoisotopic (exact) mass is 268 g/mol. The third-order valence-corrected chi connectivity index (χ3v) is 3.68. The maximum Gasteiger partial charge on any atom is 0.347 e. The van der Waals surface area contributed by atoms with Gasteiger partial charge in [0.1, 0.15) is 0 Å². The second-order valence-corrected chi connectivity index (χ2v) is 5.11. The Morgan fingerprint density at radius 3 is 2.32 bits per heavy atom. The molecule has 1 saturated heterocycles. The Bertz CT molecular complexity index is 428. The third-order valence-electron chi connectivity index (χ3n) is 3.68. The molecule has 0 amide bonds. The van der Waals surface area contributed by atoms with Crippen molar-refractivity contribution < 1.29 is 19.8 Å². The number of carbonyl (C=O) groups excluding carboxylic acids is 1. The van der Waals surface area contributed by atoms with Gasteiger partial charge in [-0.25, -0.2) is 4.79 Å². The number of hydrogen-bond acceptors (Lipinski definition) is 5. The van der Waals surface area contributed by atoms with Crippen LogP contribution in [-0.2, 0) is 4.79 Å². The largest absolute Gasteiger partial charge is 0.492 e. The van der Waals surface area contributed by atoms with Gasteiger partial charge in [0, 0.05) is 24.2 Å². The van der Waals surface area contributed by atoms with E-state index >= 15 is 0 Å². The number of aromatic nitrogens is 1. The molecule has 2 heterocycles.